The summed E-state index contributed by atoms with van der Waals surface area (Å²) in [7, 11) is -3.75. The third-order valence-electron chi connectivity index (χ3n) is 5.90. The van der Waals surface area contributed by atoms with Gasteiger partial charge in [0.15, 0.2) is 10.8 Å². The second-order valence-electron chi connectivity index (χ2n) is 8.19. The quantitative estimate of drug-likeness (QED) is 0.376. The molecule has 10 heteroatoms. The minimum absolute atomic E-state index is 0.153. The summed E-state index contributed by atoms with van der Waals surface area (Å²) in [5, 5.41) is 9.12. The fourth-order valence-electron chi connectivity index (χ4n) is 3.98. The number of hydrogen-bond acceptors (Lipinski definition) is 6. The molecule has 0 unspecified atom stereocenters. The molecule has 4 aromatic rings. The van der Waals surface area contributed by atoms with Gasteiger partial charge in [0.25, 0.3) is 0 Å². The van der Waals surface area contributed by atoms with Gasteiger partial charge in [0.05, 0.1) is 0 Å². The van der Waals surface area contributed by atoms with Crippen LogP contribution in [-0.4, -0.2) is 53.5 Å². The van der Waals surface area contributed by atoms with Crippen LogP contribution in [0.1, 0.15) is 11.1 Å². The van der Waals surface area contributed by atoms with E-state index in [-0.39, 0.29) is 10.7 Å². The van der Waals surface area contributed by atoms with E-state index in [4.69, 9.17) is 0 Å². The van der Waals surface area contributed by atoms with Crippen molar-refractivity contribution in [3.8, 4) is 0 Å². The Labute approximate surface area is 202 Å². The molecule has 1 aliphatic rings. The molecule has 0 atom stereocenters. The Morgan fingerprint density at radius 2 is 1.65 bits per heavy atom. The molecule has 1 fully saturated rings. The molecule has 3 heterocycles. The topological polar surface area (TPSA) is 70.8 Å². The summed E-state index contributed by atoms with van der Waals surface area (Å²) in [5.41, 5.74) is 3.58. The van der Waals surface area contributed by atoms with Gasteiger partial charge in [-0.1, -0.05) is 41.6 Å². The van der Waals surface area contributed by atoms with Gasteiger partial charge in [-0.05, 0) is 48.9 Å². The Bertz CT molecular complexity index is 1400. The number of anilines is 1. The first-order valence-corrected chi connectivity index (χ1v) is 13.4. The number of benzene rings is 2. The molecule has 7 nitrogen and oxygen atoms in total. The Balaban J connectivity index is 1.33. The van der Waals surface area contributed by atoms with Crippen molar-refractivity contribution in [1.29, 1.82) is 0 Å². The van der Waals surface area contributed by atoms with Gasteiger partial charge in [0, 0.05) is 43.8 Å². The highest BCUT2D eigenvalue weighted by Crippen LogP contribution is 2.27. The fraction of sp³-hybridized carbons (Fsp3) is 0.250. The van der Waals surface area contributed by atoms with Crippen LogP contribution in [0.3, 0.4) is 0 Å². The van der Waals surface area contributed by atoms with Crippen LogP contribution in [0.5, 0.6) is 0 Å². The van der Waals surface area contributed by atoms with Crippen molar-refractivity contribution < 1.29 is 12.8 Å². The molecule has 34 heavy (non-hydrogen) atoms. The lowest BCUT2D eigenvalue weighted by Crippen LogP contribution is -2.48. The maximum atomic E-state index is 13.5. The zero-order chi connectivity index (χ0) is 23.7. The third-order valence-corrected chi connectivity index (χ3v) is 8.84. The highest BCUT2D eigenvalue weighted by Gasteiger charge is 2.31. The van der Waals surface area contributed by atoms with E-state index in [1.165, 1.54) is 33.8 Å². The van der Waals surface area contributed by atoms with Crippen molar-refractivity contribution in [3.05, 3.63) is 83.8 Å². The van der Waals surface area contributed by atoms with Gasteiger partial charge in [-0.25, -0.2) is 12.8 Å². The van der Waals surface area contributed by atoms with Crippen LogP contribution in [0, 0.1) is 12.7 Å². The predicted molar refractivity (Wildman–Crippen MR) is 131 cm³/mol. The summed E-state index contributed by atoms with van der Waals surface area (Å²) in [6.07, 6.45) is 1.79. The van der Waals surface area contributed by atoms with Crippen LogP contribution >= 0.6 is 11.8 Å². The number of piperazine rings is 1. The molecule has 0 aliphatic carbocycles. The average Bonchev–Trinajstić information content (AvgIpc) is 3.27. The van der Waals surface area contributed by atoms with Crippen LogP contribution in [0.25, 0.3) is 5.65 Å². The van der Waals surface area contributed by atoms with Gasteiger partial charge >= 0.3 is 0 Å². The van der Waals surface area contributed by atoms with E-state index in [1.807, 2.05) is 6.92 Å². The number of aromatic nitrogens is 3. The van der Waals surface area contributed by atoms with Crippen LogP contribution in [0.15, 0.2) is 76.9 Å². The fourth-order valence-corrected chi connectivity index (χ4v) is 6.40. The zero-order valence-corrected chi connectivity index (χ0v) is 20.3. The molecule has 2 aromatic carbocycles. The lowest BCUT2D eigenvalue weighted by atomic mass is 10.2. The maximum Gasteiger partial charge on any atom is 0.246 e. The van der Waals surface area contributed by atoms with Crippen LogP contribution in [0.4, 0.5) is 10.1 Å². The molecule has 1 aliphatic heterocycles. The lowest BCUT2D eigenvalue weighted by molar-refractivity contribution is 0.385. The molecule has 0 radical (unpaired) electrons. The monoisotopic (exact) mass is 497 g/mol. The Morgan fingerprint density at radius 3 is 2.35 bits per heavy atom. The molecule has 0 bridgehead atoms. The third kappa shape index (κ3) is 4.53. The molecule has 5 rings (SSSR count). The first kappa shape index (κ1) is 22.8. The van der Waals surface area contributed by atoms with Crippen molar-refractivity contribution >= 4 is 33.1 Å². The number of hydrogen-bond donors (Lipinski definition) is 0. The average molecular weight is 498 g/mol. The number of fused-ring (bicyclic) bond motifs is 1. The minimum atomic E-state index is -3.75. The SMILES string of the molecule is Cc1ccc(CSc2nnc3c(S(=O)(=O)N4CCN(c5ccc(F)cc5)CC4)cccn23)cc1. The lowest BCUT2D eigenvalue weighted by Gasteiger charge is -2.35. The smallest absolute Gasteiger partial charge is 0.246 e. The molecule has 176 valence electrons. The number of thioether (sulfide) groups is 1. The second kappa shape index (κ2) is 9.36. The largest absolute Gasteiger partial charge is 0.369 e. The summed E-state index contributed by atoms with van der Waals surface area (Å²) < 4.78 is 43.4. The van der Waals surface area contributed by atoms with E-state index in [1.54, 1.807) is 34.9 Å². The molecule has 1 saturated heterocycles. The summed E-state index contributed by atoms with van der Waals surface area (Å²) in [4.78, 5) is 2.21. The highest BCUT2D eigenvalue weighted by atomic mass is 32.2. The van der Waals surface area contributed by atoms with Gasteiger partial charge < -0.3 is 4.90 Å². The number of aryl methyl sites for hydroxylation is 1. The van der Waals surface area contributed by atoms with E-state index in [0.717, 1.165) is 11.3 Å². The Hall–Kier alpha value is -2.95. The zero-order valence-electron chi connectivity index (χ0n) is 18.6. The molecular weight excluding hydrogens is 473 g/mol. The van der Waals surface area contributed by atoms with Crippen LogP contribution < -0.4 is 4.90 Å². The number of rotatable bonds is 6. The molecule has 0 amide bonds. The van der Waals surface area contributed by atoms with Crippen molar-refractivity contribution in [3.63, 3.8) is 0 Å². The van der Waals surface area contributed by atoms with Crippen LogP contribution in [0.2, 0.25) is 0 Å². The number of nitrogens with zero attached hydrogens (tertiary/aromatic N) is 5. The molecule has 0 saturated carbocycles. The van der Waals surface area contributed by atoms with Crippen molar-refractivity contribution in [1.82, 2.24) is 18.9 Å². The highest BCUT2D eigenvalue weighted by molar-refractivity contribution is 7.98. The normalized spacial score (nSPS) is 15.2. The first-order chi connectivity index (χ1) is 16.4. The van der Waals surface area contributed by atoms with Crippen LogP contribution in [-0.2, 0) is 15.8 Å². The minimum Gasteiger partial charge on any atom is -0.369 e. The second-order valence-corrected chi connectivity index (χ2v) is 11.0. The van der Waals surface area contributed by atoms with E-state index in [2.05, 4.69) is 39.4 Å². The number of halogens is 1. The predicted octanol–water partition coefficient (Wildman–Crippen LogP) is 3.98. The summed E-state index contributed by atoms with van der Waals surface area (Å²) >= 11 is 1.52. The van der Waals surface area contributed by atoms with Gasteiger partial charge in [0.1, 0.15) is 10.7 Å². The first-order valence-electron chi connectivity index (χ1n) is 10.9. The maximum absolute atomic E-state index is 13.5. The molecule has 2 aromatic heterocycles. The van der Waals surface area contributed by atoms with E-state index in [9.17, 15) is 12.8 Å². The standard InChI is InChI=1S/C24H24FN5O2S2/c1-18-4-6-19(7-5-18)17-33-24-27-26-23-22(3-2-12-30(23)24)34(31,32)29-15-13-28(14-16-29)21-10-8-20(25)9-11-21/h2-12H,13-17H2,1H3. The van der Waals surface area contributed by atoms with E-state index in [0.29, 0.717) is 42.7 Å². The van der Waals surface area contributed by atoms with Crippen molar-refractivity contribution in [2.45, 2.75) is 22.7 Å². The summed E-state index contributed by atoms with van der Waals surface area (Å²) in [6.45, 7) is 3.78. The van der Waals surface area contributed by atoms with Crippen molar-refractivity contribution in [2.75, 3.05) is 31.1 Å². The molecule has 0 N–H and O–H groups in total. The van der Waals surface area contributed by atoms with Gasteiger partial charge in [-0.15, -0.1) is 10.2 Å². The number of sulfonamides is 1. The molecular formula is C24H24FN5O2S2. The van der Waals surface area contributed by atoms with Gasteiger partial charge in [-0.2, -0.15) is 4.31 Å². The van der Waals surface area contributed by atoms with Gasteiger partial charge in [0.2, 0.25) is 10.0 Å². The molecule has 0 spiro atoms. The Morgan fingerprint density at radius 1 is 0.941 bits per heavy atom. The Kier molecular flexibility index (Phi) is 6.28. The summed E-state index contributed by atoms with van der Waals surface area (Å²) in [6, 6.07) is 17.8. The van der Waals surface area contributed by atoms with Crippen molar-refractivity contribution in [2.24, 2.45) is 0 Å². The van der Waals surface area contributed by atoms with E-state index < -0.39 is 10.0 Å². The summed E-state index contributed by atoms with van der Waals surface area (Å²) in [5.74, 6) is 0.423. The number of pyridine rings is 1. The van der Waals surface area contributed by atoms with E-state index >= 15 is 0 Å². The van der Waals surface area contributed by atoms with Gasteiger partial charge in [-0.3, -0.25) is 4.40 Å².